The maximum Gasteiger partial charge on any atom is 0.327 e. The summed E-state index contributed by atoms with van der Waals surface area (Å²) in [6.45, 7) is 0. The second kappa shape index (κ2) is 5.97. The summed E-state index contributed by atoms with van der Waals surface area (Å²) in [6.07, 6.45) is 0.569. The molecule has 1 saturated heterocycles. The number of carbonyl (C=O) groups excluding carboxylic acids is 1. The highest BCUT2D eigenvalue weighted by molar-refractivity contribution is 8.00. The van der Waals surface area contributed by atoms with Crippen LogP contribution < -0.4 is 10.1 Å². The number of benzene rings is 1. The summed E-state index contributed by atoms with van der Waals surface area (Å²) >= 11 is 1.38. The number of carboxylic acid groups (broad SMARTS) is 1. The first-order valence-corrected chi connectivity index (χ1v) is 6.92. The molecule has 6 heteroatoms. The van der Waals surface area contributed by atoms with E-state index < -0.39 is 12.0 Å². The van der Waals surface area contributed by atoms with Crippen molar-refractivity contribution in [2.45, 2.75) is 17.7 Å². The molecular weight excluding hydrogens is 266 g/mol. The van der Waals surface area contributed by atoms with Gasteiger partial charge in [0.2, 0.25) is 5.91 Å². The van der Waals surface area contributed by atoms with E-state index >= 15 is 0 Å². The summed E-state index contributed by atoms with van der Waals surface area (Å²) in [5.74, 6) is -0.0512. The third-order valence-corrected chi connectivity index (χ3v) is 4.24. The summed E-state index contributed by atoms with van der Waals surface area (Å²) in [6, 6.07) is 6.76. The molecule has 0 bridgehead atoms. The van der Waals surface area contributed by atoms with Crippen LogP contribution in [-0.4, -0.2) is 41.1 Å². The Kier molecular flexibility index (Phi) is 4.31. The van der Waals surface area contributed by atoms with Crippen molar-refractivity contribution in [2.75, 3.05) is 12.9 Å². The molecule has 0 saturated carbocycles. The number of rotatable bonds is 4. The van der Waals surface area contributed by atoms with Gasteiger partial charge in [-0.05, 0) is 24.1 Å². The van der Waals surface area contributed by atoms with Crippen LogP contribution in [0.15, 0.2) is 24.3 Å². The third kappa shape index (κ3) is 3.41. The molecule has 0 spiro atoms. The van der Waals surface area contributed by atoms with Gasteiger partial charge < -0.3 is 15.2 Å². The lowest BCUT2D eigenvalue weighted by molar-refractivity contribution is -0.141. The van der Waals surface area contributed by atoms with E-state index in [-0.39, 0.29) is 11.2 Å². The van der Waals surface area contributed by atoms with Crippen molar-refractivity contribution in [3.05, 3.63) is 29.8 Å². The Bertz CT molecular complexity index is 491. The van der Waals surface area contributed by atoms with Crippen molar-refractivity contribution in [2.24, 2.45) is 0 Å². The predicted molar refractivity (Wildman–Crippen MR) is 72.5 cm³/mol. The van der Waals surface area contributed by atoms with Crippen LogP contribution in [0, 0.1) is 0 Å². The quantitative estimate of drug-likeness (QED) is 0.858. The van der Waals surface area contributed by atoms with Crippen LogP contribution in [0.3, 0.4) is 0 Å². The number of nitrogens with one attached hydrogen (secondary N) is 1. The highest BCUT2D eigenvalue weighted by Crippen LogP contribution is 2.23. The Morgan fingerprint density at radius 1 is 1.58 bits per heavy atom. The molecule has 1 aliphatic rings. The lowest BCUT2D eigenvalue weighted by Gasteiger charge is -2.26. The Balaban J connectivity index is 2.00. The van der Waals surface area contributed by atoms with Crippen LogP contribution in [0.2, 0.25) is 0 Å². The van der Waals surface area contributed by atoms with Crippen LogP contribution >= 0.6 is 11.8 Å². The summed E-state index contributed by atoms with van der Waals surface area (Å²) < 4.78 is 5.13. The number of thioether (sulfide) groups is 1. The molecule has 2 atom stereocenters. The van der Waals surface area contributed by atoms with Gasteiger partial charge in [0.15, 0.2) is 0 Å². The zero-order chi connectivity index (χ0) is 13.8. The number of hydrogen-bond donors (Lipinski definition) is 2. The molecule has 1 aromatic rings. The van der Waals surface area contributed by atoms with Crippen LogP contribution in [0.5, 0.6) is 5.75 Å². The highest BCUT2D eigenvalue weighted by Gasteiger charge is 2.32. The molecule has 0 aromatic heterocycles. The summed E-state index contributed by atoms with van der Waals surface area (Å²) in [4.78, 5) is 22.6. The number of aliphatic carboxylic acids is 1. The zero-order valence-corrected chi connectivity index (χ0v) is 11.3. The minimum Gasteiger partial charge on any atom is -0.497 e. The fourth-order valence-corrected chi connectivity index (χ4v) is 3.07. The van der Waals surface area contributed by atoms with Crippen molar-refractivity contribution >= 4 is 23.6 Å². The molecule has 2 rings (SSSR count). The Morgan fingerprint density at radius 3 is 3.00 bits per heavy atom. The SMILES string of the molecule is COc1cccc(C[C@H]2SC[C@H](C(=O)O)NC2=O)c1. The van der Waals surface area contributed by atoms with E-state index in [4.69, 9.17) is 9.84 Å². The third-order valence-electron chi connectivity index (χ3n) is 2.93. The summed E-state index contributed by atoms with van der Waals surface area (Å²) in [5.41, 5.74) is 1.00. The summed E-state index contributed by atoms with van der Waals surface area (Å²) in [7, 11) is 1.60. The normalized spacial score (nSPS) is 22.7. The molecule has 2 N–H and O–H groups in total. The van der Waals surface area contributed by atoms with Crippen LogP contribution in [-0.2, 0) is 16.0 Å². The Hall–Kier alpha value is -1.69. The van der Waals surface area contributed by atoms with Crippen molar-refractivity contribution in [3.8, 4) is 5.75 Å². The number of hydrogen-bond acceptors (Lipinski definition) is 4. The second-order valence-corrected chi connectivity index (χ2v) is 5.51. The molecule has 1 heterocycles. The fourth-order valence-electron chi connectivity index (χ4n) is 1.89. The number of amides is 1. The van der Waals surface area contributed by atoms with Crippen molar-refractivity contribution < 1.29 is 19.4 Å². The second-order valence-electron chi connectivity index (χ2n) is 4.28. The summed E-state index contributed by atoms with van der Waals surface area (Å²) in [5, 5.41) is 11.1. The molecule has 5 nitrogen and oxygen atoms in total. The molecule has 1 aromatic carbocycles. The molecule has 1 fully saturated rings. The monoisotopic (exact) mass is 281 g/mol. The van der Waals surface area contributed by atoms with E-state index in [1.54, 1.807) is 7.11 Å². The van der Waals surface area contributed by atoms with Gasteiger partial charge >= 0.3 is 5.97 Å². The molecule has 0 aliphatic carbocycles. The minimum absolute atomic E-state index is 0.216. The molecule has 102 valence electrons. The molecular formula is C13H15NO4S. The Morgan fingerprint density at radius 2 is 2.37 bits per heavy atom. The largest absolute Gasteiger partial charge is 0.497 e. The smallest absolute Gasteiger partial charge is 0.327 e. The van der Waals surface area contributed by atoms with E-state index in [2.05, 4.69) is 5.32 Å². The van der Waals surface area contributed by atoms with Gasteiger partial charge in [0.05, 0.1) is 12.4 Å². The maximum absolute atomic E-state index is 11.8. The number of ether oxygens (including phenoxy) is 1. The predicted octanol–water partition coefficient (Wildman–Crippen LogP) is 0.922. The van der Waals surface area contributed by atoms with Gasteiger partial charge in [-0.1, -0.05) is 12.1 Å². The van der Waals surface area contributed by atoms with Gasteiger partial charge in [-0.3, -0.25) is 4.79 Å². The van der Waals surface area contributed by atoms with Gasteiger partial charge in [0.25, 0.3) is 0 Å². The van der Waals surface area contributed by atoms with E-state index in [0.29, 0.717) is 12.2 Å². The molecule has 1 amide bonds. The van der Waals surface area contributed by atoms with Gasteiger partial charge in [-0.15, -0.1) is 11.8 Å². The number of carbonyl (C=O) groups is 2. The van der Waals surface area contributed by atoms with Crippen LogP contribution in [0.1, 0.15) is 5.56 Å². The molecule has 0 unspecified atom stereocenters. The van der Waals surface area contributed by atoms with Crippen molar-refractivity contribution in [1.82, 2.24) is 5.32 Å². The highest BCUT2D eigenvalue weighted by atomic mass is 32.2. The van der Waals surface area contributed by atoms with E-state index in [9.17, 15) is 9.59 Å². The average molecular weight is 281 g/mol. The maximum atomic E-state index is 11.8. The van der Waals surface area contributed by atoms with Crippen LogP contribution in [0.4, 0.5) is 0 Å². The lowest BCUT2D eigenvalue weighted by Crippen LogP contribution is -2.51. The molecule has 1 aliphatic heterocycles. The fraction of sp³-hybridized carbons (Fsp3) is 0.385. The van der Waals surface area contributed by atoms with E-state index in [1.807, 2.05) is 24.3 Å². The lowest BCUT2D eigenvalue weighted by atomic mass is 10.1. The van der Waals surface area contributed by atoms with Gasteiger partial charge in [0, 0.05) is 5.75 Å². The van der Waals surface area contributed by atoms with Gasteiger partial charge in [0.1, 0.15) is 11.8 Å². The first kappa shape index (κ1) is 13.7. The van der Waals surface area contributed by atoms with Crippen LogP contribution in [0.25, 0.3) is 0 Å². The minimum atomic E-state index is -0.985. The standard InChI is InChI=1S/C13H15NO4S/c1-18-9-4-2-3-8(5-9)6-11-12(15)14-10(7-19-11)13(16)17/h2-5,10-11H,6-7H2,1H3,(H,14,15)(H,16,17)/t10-,11-/m1/s1. The van der Waals surface area contributed by atoms with E-state index in [0.717, 1.165) is 11.3 Å². The molecule has 19 heavy (non-hydrogen) atoms. The van der Waals surface area contributed by atoms with Gasteiger partial charge in [-0.2, -0.15) is 0 Å². The zero-order valence-electron chi connectivity index (χ0n) is 10.5. The first-order chi connectivity index (χ1) is 9.10. The average Bonchev–Trinajstić information content (AvgIpc) is 2.41. The number of methoxy groups -OCH3 is 1. The topological polar surface area (TPSA) is 75.6 Å². The molecule has 0 radical (unpaired) electrons. The van der Waals surface area contributed by atoms with Crippen molar-refractivity contribution in [3.63, 3.8) is 0 Å². The number of carboxylic acids is 1. The Labute approximate surface area is 115 Å². The van der Waals surface area contributed by atoms with Crippen molar-refractivity contribution in [1.29, 1.82) is 0 Å². The first-order valence-electron chi connectivity index (χ1n) is 5.88. The van der Waals surface area contributed by atoms with Gasteiger partial charge in [-0.25, -0.2) is 4.79 Å². The van der Waals surface area contributed by atoms with E-state index in [1.165, 1.54) is 11.8 Å².